The summed E-state index contributed by atoms with van der Waals surface area (Å²) >= 11 is 6.09. The van der Waals surface area contributed by atoms with Crippen LogP contribution in [0, 0.1) is 6.92 Å². The largest absolute Gasteiger partial charge is 0.241 e. The summed E-state index contributed by atoms with van der Waals surface area (Å²) in [7, 11) is -3.56. The van der Waals surface area contributed by atoms with E-state index < -0.39 is 16.1 Å². The molecule has 2 aromatic carbocycles. The highest BCUT2D eigenvalue weighted by molar-refractivity contribution is 7.89. The molecular weight excluding hydrogens is 294 g/mol. The van der Waals surface area contributed by atoms with Crippen LogP contribution in [0.2, 0.25) is 5.02 Å². The van der Waals surface area contributed by atoms with Crippen molar-refractivity contribution in [2.75, 3.05) is 0 Å². The summed E-state index contributed by atoms with van der Waals surface area (Å²) in [4.78, 5) is 0.291. The van der Waals surface area contributed by atoms with Gasteiger partial charge in [0, 0.05) is 11.1 Å². The van der Waals surface area contributed by atoms with Crippen molar-refractivity contribution in [1.82, 2.24) is 4.72 Å². The number of halogens is 1. The van der Waals surface area contributed by atoms with Crippen molar-refractivity contribution >= 4 is 21.6 Å². The van der Waals surface area contributed by atoms with Gasteiger partial charge in [0.15, 0.2) is 0 Å². The molecule has 0 saturated heterocycles. The Kier molecular flexibility index (Phi) is 4.48. The third-order valence-corrected chi connectivity index (χ3v) is 5.13. The van der Waals surface area contributed by atoms with Gasteiger partial charge in [0.25, 0.3) is 0 Å². The normalized spacial score (nSPS) is 13.2. The number of rotatable bonds is 4. The van der Waals surface area contributed by atoms with Crippen LogP contribution in [0.3, 0.4) is 0 Å². The van der Waals surface area contributed by atoms with Gasteiger partial charge in [0.1, 0.15) is 0 Å². The molecule has 0 amide bonds. The summed E-state index contributed by atoms with van der Waals surface area (Å²) in [5.74, 6) is 0. The van der Waals surface area contributed by atoms with Crippen molar-refractivity contribution in [2.24, 2.45) is 0 Å². The smallest absolute Gasteiger partial charge is 0.207 e. The van der Waals surface area contributed by atoms with Crippen molar-refractivity contribution in [3.63, 3.8) is 0 Å². The van der Waals surface area contributed by atoms with Crippen LogP contribution in [-0.4, -0.2) is 8.42 Å². The second-order valence-electron chi connectivity index (χ2n) is 4.63. The van der Waals surface area contributed by atoms with Crippen LogP contribution < -0.4 is 4.72 Å². The van der Waals surface area contributed by atoms with Crippen LogP contribution in [0.25, 0.3) is 0 Å². The summed E-state index contributed by atoms with van der Waals surface area (Å²) in [5.41, 5.74) is 1.47. The average molecular weight is 310 g/mol. The first-order chi connectivity index (χ1) is 9.42. The Hall–Kier alpha value is -1.36. The molecular formula is C15H16ClNO2S. The first-order valence-corrected chi connectivity index (χ1v) is 8.10. The molecule has 0 fully saturated rings. The number of sulfonamides is 1. The standard InChI is InChI=1S/C15H16ClNO2S/c1-11-7-3-6-10-15(11)20(18,19)17-12(2)13-8-4-5-9-14(13)16/h3-10,12,17H,1-2H3/t12-/m0/s1. The minimum absolute atomic E-state index is 0.291. The fourth-order valence-electron chi connectivity index (χ4n) is 2.04. The van der Waals surface area contributed by atoms with Crippen molar-refractivity contribution in [3.05, 3.63) is 64.7 Å². The van der Waals surface area contributed by atoms with Gasteiger partial charge in [-0.2, -0.15) is 0 Å². The molecule has 0 spiro atoms. The number of hydrogen-bond acceptors (Lipinski definition) is 2. The Bertz CT molecular complexity index is 713. The maximum atomic E-state index is 12.4. The van der Waals surface area contributed by atoms with Gasteiger partial charge in [-0.05, 0) is 37.1 Å². The van der Waals surface area contributed by atoms with E-state index in [1.807, 2.05) is 24.3 Å². The predicted molar refractivity (Wildman–Crippen MR) is 81.4 cm³/mol. The van der Waals surface area contributed by atoms with Crippen LogP contribution in [0.1, 0.15) is 24.1 Å². The Morgan fingerprint density at radius 1 is 1.05 bits per heavy atom. The Morgan fingerprint density at radius 3 is 2.30 bits per heavy atom. The van der Waals surface area contributed by atoms with Gasteiger partial charge in [0.05, 0.1) is 4.90 Å². The molecule has 0 radical (unpaired) electrons. The molecule has 20 heavy (non-hydrogen) atoms. The van der Waals surface area contributed by atoms with Crippen molar-refractivity contribution in [3.8, 4) is 0 Å². The lowest BCUT2D eigenvalue weighted by atomic mass is 10.1. The quantitative estimate of drug-likeness (QED) is 0.936. The average Bonchev–Trinajstić information content (AvgIpc) is 2.38. The molecule has 1 N–H and O–H groups in total. The molecule has 0 aliphatic carbocycles. The van der Waals surface area contributed by atoms with E-state index in [9.17, 15) is 8.42 Å². The molecule has 2 aromatic rings. The summed E-state index contributed by atoms with van der Waals surface area (Å²) in [6, 6.07) is 13.7. The summed E-state index contributed by atoms with van der Waals surface area (Å²) in [5, 5.41) is 0.549. The molecule has 1 atom stereocenters. The SMILES string of the molecule is Cc1ccccc1S(=O)(=O)N[C@@H](C)c1ccccc1Cl. The lowest BCUT2D eigenvalue weighted by Gasteiger charge is -2.16. The molecule has 0 saturated carbocycles. The van der Waals surface area contributed by atoms with Crippen LogP contribution in [-0.2, 0) is 10.0 Å². The minimum Gasteiger partial charge on any atom is -0.207 e. The molecule has 0 bridgehead atoms. The minimum atomic E-state index is -3.56. The molecule has 0 heterocycles. The maximum absolute atomic E-state index is 12.4. The van der Waals surface area contributed by atoms with Gasteiger partial charge in [-0.3, -0.25) is 0 Å². The third kappa shape index (κ3) is 3.20. The summed E-state index contributed by atoms with van der Waals surface area (Å²) < 4.78 is 27.4. The van der Waals surface area contributed by atoms with Crippen LogP contribution in [0.4, 0.5) is 0 Å². The van der Waals surface area contributed by atoms with Crippen LogP contribution >= 0.6 is 11.6 Å². The predicted octanol–water partition coefficient (Wildman–Crippen LogP) is 3.69. The maximum Gasteiger partial charge on any atom is 0.241 e. The topological polar surface area (TPSA) is 46.2 Å². The molecule has 0 aromatic heterocycles. The number of nitrogens with one attached hydrogen (secondary N) is 1. The molecule has 3 nitrogen and oxygen atoms in total. The lowest BCUT2D eigenvalue weighted by Crippen LogP contribution is -2.27. The first-order valence-electron chi connectivity index (χ1n) is 6.24. The number of aryl methyl sites for hydroxylation is 1. The molecule has 5 heteroatoms. The second kappa shape index (κ2) is 5.95. The highest BCUT2D eigenvalue weighted by Crippen LogP contribution is 2.24. The van der Waals surface area contributed by atoms with E-state index in [1.54, 1.807) is 38.1 Å². The zero-order valence-electron chi connectivity index (χ0n) is 11.3. The second-order valence-corrected chi connectivity index (χ2v) is 6.72. The van der Waals surface area contributed by atoms with Gasteiger partial charge in [-0.1, -0.05) is 48.0 Å². The van der Waals surface area contributed by atoms with Gasteiger partial charge < -0.3 is 0 Å². The van der Waals surface area contributed by atoms with Gasteiger partial charge in [-0.15, -0.1) is 0 Å². The van der Waals surface area contributed by atoms with E-state index in [0.29, 0.717) is 15.5 Å². The van der Waals surface area contributed by atoms with E-state index in [4.69, 9.17) is 11.6 Å². The zero-order valence-corrected chi connectivity index (χ0v) is 12.9. The van der Waals surface area contributed by atoms with E-state index in [-0.39, 0.29) is 0 Å². The van der Waals surface area contributed by atoms with Gasteiger partial charge in [0.2, 0.25) is 10.0 Å². The summed E-state index contributed by atoms with van der Waals surface area (Å²) in [6.07, 6.45) is 0. The third-order valence-electron chi connectivity index (χ3n) is 3.09. The Balaban J connectivity index is 2.30. The summed E-state index contributed by atoms with van der Waals surface area (Å²) in [6.45, 7) is 3.55. The number of benzene rings is 2. The monoisotopic (exact) mass is 309 g/mol. The van der Waals surface area contributed by atoms with Crippen LogP contribution in [0.15, 0.2) is 53.4 Å². The fourth-order valence-corrected chi connectivity index (χ4v) is 3.81. The highest BCUT2D eigenvalue weighted by Gasteiger charge is 2.20. The number of hydrogen-bond donors (Lipinski definition) is 1. The zero-order chi connectivity index (χ0) is 14.8. The van der Waals surface area contributed by atoms with Crippen LogP contribution in [0.5, 0.6) is 0 Å². The molecule has 0 unspecified atom stereocenters. The molecule has 0 aliphatic heterocycles. The first kappa shape index (κ1) is 15.0. The van der Waals surface area contributed by atoms with Gasteiger partial charge >= 0.3 is 0 Å². The van der Waals surface area contributed by atoms with Crippen molar-refractivity contribution < 1.29 is 8.42 Å². The highest BCUT2D eigenvalue weighted by atomic mass is 35.5. The fraction of sp³-hybridized carbons (Fsp3) is 0.200. The van der Waals surface area contributed by atoms with Crippen molar-refractivity contribution in [1.29, 1.82) is 0 Å². The van der Waals surface area contributed by atoms with Crippen molar-refractivity contribution in [2.45, 2.75) is 24.8 Å². The lowest BCUT2D eigenvalue weighted by molar-refractivity contribution is 0.566. The molecule has 2 rings (SSSR count). The van der Waals surface area contributed by atoms with E-state index in [1.165, 1.54) is 0 Å². The Morgan fingerprint density at radius 2 is 1.65 bits per heavy atom. The molecule has 0 aliphatic rings. The van der Waals surface area contributed by atoms with Gasteiger partial charge in [-0.25, -0.2) is 13.1 Å². The van der Waals surface area contributed by atoms with E-state index in [2.05, 4.69) is 4.72 Å². The van der Waals surface area contributed by atoms with E-state index in [0.717, 1.165) is 5.56 Å². The van der Waals surface area contributed by atoms with E-state index >= 15 is 0 Å². The Labute approximate surface area is 124 Å². The molecule has 106 valence electrons.